The second-order valence-electron chi connectivity index (χ2n) is 7.28. The van der Waals surface area contributed by atoms with Gasteiger partial charge in [0.1, 0.15) is 12.9 Å². The minimum Gasteiger partial charge on any atom is -0.493 e. The second kappa shape index (κ2) is 8.78. The molecule has 11 nitrogen and oxygen atoms in total. The average Bonchev–Trinajstić information content (AvgIpc) is 3.50. The van der Waals surface area contributed by atoms with Crippen molar-refractivity contribution < 1.29 is 9.90 Å². The van der Waals surface area contributed by atoms with Crippen molar-refractivity contribution in [2.24, 2.45) is 0 Å². The third-order valence-corrected chi connectivity index (χ3v) is 4.66. The van der Waals surface area contributed by atoms with Crippen LogP contribution >= 0.6 is 0 Å². The Bertz CT molecular complexity index is 1150. The first-order chi connectivity index (χ1) is 15.0. The van der Waals surface area contributed by atoms with E-state index < -0.39 is 0 Å². The van der Waals surface area contributed by atoms with Crippen LogP contribution < -0.4 is 5.32 Å². The lowest BCUT2D eigenvalue weighted by molar-refractivity contribution is -0.121. The van der Waals surface area contributed by atoms with Crippen LogP contribution in [0.4, 0.5) is 0 Å². The Balaban J connectivity index is 1.51. The van der Waals surface area contributed by atoms with E-state index in [2.05, 4.69) is 30.5 Å². The molecule has 0 aliphatic rings. The maximum absolute atomic E-state index is 12.2. The van der Waals surface area contributed by atoms with E-state index in [1.165, 1.54) is 0 Å². The molecule has 0 atom stereocenters. The first-order valence-corrected chi connectivity index (χ1v) is 9.87. The molecule has 0 unspecified atom stereocenters. The Morgan fingerprint density at radius 2 is 2.03 bits per heavy atom. The van der Waals surface area contributed by atoms with Crippen LogP contribution in [-0.2, 0) is 17.9 Å². The number of nitrogens with zero attached hydrogens (tertiary/aromatic N) is 8. The third kappa shape index (κ3) is 4.60. The van der Waals surface area contributed by atoms with Gasteiger partial charge in [-0.25, -0.2) is 9.97 Å². The van der Waals surface area contributed by atoms with Crippen LogP contribution in [0.1, 0.15) is 25.3 Å². The number of carbonyl (C=O) groups is 1. The first kappa shape index (κ1) is 20.3. The Hall–Kier alpha value is -4.02. The third-order valence-electron chi connectivity index (χ3n) is 4.66. The molecule has 0 aliphatic heterocycles. The van der Waals surface area contributed by atoms with Gasteiger partial charge in [0.25, 0.3) is 0 Å². The first-order valence-electron chi connectivity index (χ1n) is 9.87. The lowest BCUT2D eigenvalue weighted by atomic mass is 9.99. The zero-order chi connectivity index (χ0) is 21.8. The summed E-state index contributed by atoms with van der Waals surface area (Å²) < 4.78 is 4.91. The summed E-state index contributed by atoms with van der Waals surface area (Å²) in [6, 6.07) is 1.83. The molecule has 31 heavy (non-hydrogen) atoms. The Morgan fingerprint density at radius 3 is 2.74 bits per heavy atom. The van der Waals surface area contributed by atoms with Gasteiger partial charge in [-0.1, -0.05) is 13.8 Å². The molecule has 0 bridgehead atoms. The predicted octanol–water partition coefficient (Wildman–Crippen LogP) is 1.37. The smallest absolute Gasteiger partial charge is 0.241 e. The number of aromatic nitrogens is 8. The van der Waals surface area contributed by atoms with E-state index in [1.807, 2.05) is 26.1 Å². The SMILES string of the molecule is CC(C)c1c(O)nc(-n2ccnc2)nc1-c1cnn(CC(=O)NCCn2cccn2)c1. The van der Waals surface area contributed by atoms with Crippen LogP contribution in [0.3, 0.4) is 0 Å². The molecule has 0 saturated heterocycles. The van der Waals surface area contributed by atoms with Crippen molar-refractivity contribution in [2.75, 3.05) is 6.54 Å². The van der Waals surface area contributed by atoms with E-state index in [9.17, 15) is 9.90 Å². The average molecular weight is 421 g/mol. The van der Waals surface area contributed by atoms with Gasteiger partial charge in [0.05, 0.1) is 18.4 Å². The van der Waals surface area contributed by atoms with Gasteiger partial charge < -0.3 is 10.4 Å². The summed E-state index contributed by atoms with van der Waals surface area (Å²) in [5.74, 6) is 0.0441. The van der Waals surface area contributed by atoms with Crippen molar-refractivity contribution in [1.82, 2.24) is 44.4 Å². The number of amides is 1. The van der Waals surface area contributed by atoms with E-state index in [-0.39, 0.29) is 24.2 Å². The molecule has 1 amide bonds. The minimum absolute atomic E-state index is 0.0132. The molecule has 0 aromatic carbocycles. The second-order valence-corrected chi connectivity index (χ2v) is 7.28. The summed E-state index contributed by atoms with van der Waals surface area (Å²) in [7, 11) is 0. The van der Waals surface area contributed by atoms with E-state index in [0.717, 1.165) is 0 Å². The highest BCUT2D eigenvalue weighted by atomic mass is 16.3. The maximum atomic E-state index is 12.2. The molecule has 4 rings (SSSR count). The van der Waals surface area contributed by atoms with Gasteiger partial charge in [0, 0.05) is 48.7 Å². The number of rotatable bonds is 8. The van der Waals surface area contributed by atoms with E-state index >= 15 is 0 Å². The fourth-order valence-electron chi connectivity index (χ4n) is 3.21. The van der Waals surface area contributed by atoms with Gasteiger partial charge in [-0.2, -0.15) is 15.2 Å². The van der Waals surface area contributed by atoms with Crippen molar-refractivity contribution in [1.29, 1.82) is 0 Å². The fraction of sp³-hybridized carbons (Fsp3) is 0.300. The Kier molecular flexibility index (Phi) is 5.74. The topological polar surface area (TPSA) is 129 Å². The quantitative estimate of drug-likeness (QED) is 0.440. The number of hydrogen-bond acceptors (Lipinski definition) is 7. The monoisotopic (exact) mass is 421 g/mol. The number of carbonyl (C=O) groups excluding carboxylic acids is 1. The van der Waals surface area contributed by atoms with Crippen molar-refractivity contribution >= 4 is 5.91 Å². The largest absolute Gasteiger partial charge is 0.493 e. The van der Waals surface area contributed by atoms with E-state index in [4.69, 9.17) is 0 Å². The summed E-state index contributed by atoms with van der Waals surface area (Å²) in [6.07, 6.45) is 11.8. The molecule has 2 N–H and O–H groups in total. The highest BCUT2D eigenvalue weighted by Gasteiger charge is 2.20. The van der Waals surface area contributed by atoms with E-state index in [0.29, 0.717) is 35.9 Å². The fourth-order valence-corrected chi connectivity index (χ4v) is 3.21. The molecule has 11 heteroatoms. The van der Waals surface area contributed by atoms with Crippen LogP contribution in [-0.4, -0.2) is 56.6 Å². The van der Waals surface area contributed by atoms with Gasteiger partial charge in [0.15, 0.2) is 0 Å². The molecule has 0 radical (unpaired) electrons. The van der Waals surface area contributed by atoms with Crippen LogP contribution in [0.2, 0.25) is 0 Å². The highest BCUT2D eigenvalue weighted by molar-refractivity contribution is 5.75. The summed E-state index contributed by atoms with van der Waals surface area (Å²) >= 11 is 0. The van der Waals surface area contributed by atoms with Gasteiger partial charge >= 0.3 is 0 Å². The number of hydrogen-bond donors (Lipinski definition) is 2. The van der Waals surface area contributed by atoms with Crippen molar-refractivity contribution in [3.8, 4) is 23.1 Å². The number of imidazole rings is 1. The molecular formula is C20H23N9O2. The van der Waals surface area contributed by atoms with Crippen molar-refractivity contribution in [2.45, 2.75) is 32.9 Å². The molecule has 0 saturated carbocycles. The normalized spacial score (nSPS) is 11.2. The lowest BCUT2D eigenvalue weighted by Gasteiger charge is -2.14. The maximum Gasteiger partial charge on any atom is 0.241 e. The number of aromatic hydroxyl groups is 1. The van der Waals surface area contributed by atoms with Gasteiger partial charge in [-0.3, -0.25) is 18.7 Å². The molecule has 0 aliphatic carbocycles. The van der Waals surface area contributed by atoms with Crippen LogP contribution in [0.15, 0.2) is 49.6 Å². The zero-order valence-electron chi connectivity index (χ0n) is 17.3. The van der Waals surface area contributed by atoms with Gasteiger partial charge in [0.2, 0.25) is 17.7 Å². The Morgan fingerprint density at radius 1 is 1.16 bits per heavy atom. The molecule has 4 aromatic rings. The van der Waals surface area contributed by atoms with Crippen LogP contribution in [0.5, 0.6) is 5.88 Å². The molecule has 160 valence electrons. The predicted molar refractivity (Wildman–Crippen MR) is 111 cm³/mol. The summed E-state index contributed by atoms with van der Waals surface area (Å²) in [5.41, 5.74) is 1.87. The molecule has 0 spiro atoms. The molecule has 0 fully saturated rings. The van der Waals surface area contributed by atoms with Crippen molar-refractivity contribution in [3.05, 3.63) is 55.1 Å². The van der Waals surface area contributed by atoms with Crippen LogP contribution in [0.25, 0.3) is 17.2 Å². The highest BCUT2D eigenvalue weighted by Crippen LogP contribution is 2.33. The molecule has 4 aromatic heterocycles. The molecular weight excluding hydrogens is 398 g/mol. The number of nitrogens with one attached hydrogen (secondary N) is 1. The van der Waals surface area contributed by atoms with Crippen LogP contribution in [0, 0.1) is 0 Å². The zero-order valence-corrected chi connectivity index (χ0v) is 17.3. The summed E-state index contributed by atoms with van der Waals surface area (Å²) in [5, 5.41) is 21.8. The minimum atomic E-state index is -0.157. The Labute approximate surface area is 178 Å². The lowest BCUT2D eigenvalue weighted by Crippen LogP contribution is -2.30. The molecule has 4 heterocycles. The summed E-state index contributed by atoms with van der Waals surface area (Å²) in [6.45, 7) is 5.05. The summed E-state index contributed by atoms with van der Waals surface area (Å²) in [4.78, 5) is 25.1. The van der Waals surface area contributed by atoms with Gasteiger partial charge in [-0.05, 0) is 12.0 Å². The van der Waals surface area contributed by atoms with E-state index in [1.54, 1.807) is 51.2 Å². The standard InChI is InChI=1S/C20H23N9O2/c1-14(2)17-18(25-20(26-19(17)31)27-8-5-21-13-27)15-10-24-29(11-15)12-16(30)22-6-9-28-7-3-4-23-28/h3-5,7-8,10-11,13-14H,6,9,12H2,1-2H3,(H,22,30)(H,25,26,31). The van der Waals surface area contributed by atoms with Gasteiger partial charge in [-0.15, -0.1) is 0 Å². The van der Waals surface area contributed by atoms with Crippen molar-refractivity contribution in [3.63, 3.8) is 0 Å².